The highest BCUT2D eigenvalue weighted by Gasteiger charge is 2.15. The van der Waals surface area contributed by atoms with Crippen LogP contribution in [0.2, 0.25) is 0 Å². The van der Waals surface area contributed by atoms with Crippen LogP contribution in [0.1, 0.15) is 30.2 Å². The molecule has 0 N–H and O–H groups in total. The zero-order valence-corrected chi connectivity index (χ0v) is 10.8. The second-order valence-electron chi connectivity index (χ2n) is 3.30. The highest BCUT2D eigenvalue weighted by molar-refractivity contribution is 9.08. The average molecular weight is 308 g/mol. The van der Waals surface area contributed by atoms with Crippen LogP contribution in [0.5, 0.6) is 0 Å². The van der Waals surface area contributed by atoms with E-state index in [2.05, 4.69) is 20.9 Å². The van der Waals surface area contributed by atoms with Crippen molar-refractivity contribution in [3.63, 3.8) is 0 Å². The van der Waals surface area contributed by atoms with E-state index in [4.69, 9.17) is 4.74 Å². The molecule has 0 saturated heterocycles. The van der Waals surface area contributed by atoms with Crippen LogP contribution in [-0.2, 0) is 21.3 Å². The minimum absolute atomic E-state index is 0.0460. The Hall–Kier alpha value is -1.04. The number of rotatable bonds is 5. The predicted molar refractivity (Wildman–Crippen MR) is 62.2 cm³/mol. The summed E-state index contributed by atoms with van der Waals surface area (Å²) in [5.74, 6) is -0.389. The van der Waals surface area contributed by atoms with Crippen molar-refractivity contribution in [1.29, 1.82) is 0 Å². The fraction of sp³-hybridized carbons (Fsp3) is 0.455. The second-order valence-corrected chi connectivity index (χ2v) is 3.86. The van der Waals surface area contributed by atoms with Crippen molar-refractivity contribution in [2.75, 3.05) is 6.61 Å². The number of carbonyl (C=O) groups excluding carboxylic acids is 1. The SMILES string of the molecule is CCOC(=O)Cc1cnc(C(F)F)c(CBr)c1. The number of halogens is 3. The van der Waals surface area contributed by atoms with Crippen molar-refractivity contribution >= 4 is 21.9 Å². The molecule has 0 aliphatic rings. The van der Waals surface area contributed by atoms with E-state index < -0.39 is 6.43 Å². The van der Waals surface area contributed by atoms with Crippen molar-refractivity contribution in [3.8, 4) is 0 Å². The van der Waals surface area contributed by atoms with Crippen LogP contribution in [0, 0.1) is 0 Å². The van der Waals surface area contributed by atoms with Gasteiger partial charge in [-0.3, -0.25) is 9.78 Å². The van der Waals surface area contributed by atoms with Crippen molar-refractivity contribution in [2.45, 2.75) is 25.1 Å². The molecule has 1 heterocycles. The Morgan fingerprint density at radius 1 is 1.59 bits per heavy atom. The minimum atomic E-state index is -2.61. The Kier molecular flexibility index (Phi) is 5.47. The van der Waals surface area contributed by atoms with E-state index in [-0.39, 0.29) is 23.4 Å². The third kappa shape index (κ3) is 4.03. The number of pyridine rings is 1. The lowest BCUT2D eigenvalue weighted by molar-refractivity contribution is -0.142. The van der Waals surface area contributed by atoms with Gasteiger partial charge in [0.05, 0.1) is 13.0 Å². The van der Waals surface area contributed by atoms with E-state index in [1.165, 1.54) is 6.20 Å². The lowest BCUT2D eigenvalue weighted by atomic mass is 10.1. The third-order valence-corrected chi connectivity index (χ3v) is 2.67. The summed E-state index contributed by atoms with van der Waals surface area (Å²) < 4.78 is 29.9. The maximum Gasteiger partial charge on any atom is 0.310 e. The summed E-state index contributed by atoms with van der Waals surface area (Å²) in [6.45, 7) is 2.01. The van der Waals surface area contributed by atoms with Crippen LogP contribution in [0.25, 0.3) is 0 Å². The van der Waals surface area contributed by atoms with Gasteiger partial charge in [0, 0.05) is 11.5 Å². The van der Waals surface area contributed by atoms with E-state index in [0.29, 0.717) is 17.7 Å². The van der Waals surface area contributed by atoms with E-state index >= 15 is 0 Å². The molecule has 0 saturated carbocycles. The van der Waals surface area contributed by atoms with Gasteiger partial charge in [-0.1, -0.05) is 22.0 Å². The number of ether oxygens (including phenoxy) is 1. The molecular formula is C11H12BrF2NO2. The molecule has 6 heteroatoms. The number of nitrogens with zero attached hydrogens (tertiary/aromatic N) is 1. The number of esters is 1. The number of alkyl halides is 3. The Bertz CT molecular complexity index is 399. The highest BCUT2D eigenvalue weighted by Crippen LogP contribution is 2.23. The van der Waals surface area contributed by atoms with Gasteiger partial charge >= 0.3 is 5.97 Å². The number of hydrogen-bond acceptors (Lipinski definition) is 3. The normalized spacial score (nSPS) is 10.6. The molecule has 0 aliphatic carbocycles. The van der Waals surface area contributed by atoms with Crippen molar-refractivity contribution in [3.05, 3.63) is 29.1 Å². The molecule has 0 aliphatic heterocycles. The molecule has 94 valence electrons. The third-order valence-electron chi connectivity index (χ3n) is 2.06. The maximum atomic E-state index is 12.6. The molecule has 0 unspecified atom stereocenters. The molecule has 0 radical (unpaired) electrons. The largest absolute Gasteiger partial charge is 0.466 e. The Balaban J connectivity index is 2.86. The van der Waals surface area contributed by atoms with Crippen LogP contribution >= 0.6 is 15.9 Å². The smallest absolute Gasteiger partial charge is 0.310 e. The predicted octanol–water partition coefficient (Wildman–Crippen LogP) is 3.02. The number of aromatic nitrogens is 1. The minimum Gasteiger partial charge on any atom is -0.466 e. The molecule has 0 spiro atoms. The quantitative estimate of drug-likeness (QED) is 0.620. The standard InChI is InChI=1S/C11H12BrF2NO2/c1-2-17-9(16)4-7-3-8(5-12)10(11(13)14)15-6-7/h3,6,11H,2,4-5H2,1H3. The van der Waals surface area contributed by atoms with Gasteiger partial charge in [-0.2, -0.15) is 0 Å². The lowest BCUT2D eigenvalue weighted by Crippen LogP contribution is -2.09. The molecule has 0 aromatic carbocycles. The van der Waals surface area contributed by atoms with Gasteiger partial charge in [0.2, 0.25) is 0 Å². The fourth-order valence-corrected chi connectivity index (χ4v) is 1.80. The molecule has 0 bridgehead atoms. The fourth-order valence-electron chi connectivity index (χ4n) is 1.35. The molecule has 0 amide bonds. The van der Waals surface area contributed by atoms with Gasteiger partial charge < -0.3 is 4.74 Å². The van der Waals surface area contributed by atoms with Gasteiger partial charge in [0.15, 0.2) is 0 Å². The summed E-state index contributed by atoms with van der Waals surface area (Å²) >= 11 is 3.12. The topological polar surface area (TPSA) is 39.2 Å². The first-order valence-corrected chi connectivity index (χ1v) is 6.18. The van der Waals surface area contributed by atoms with Crippen molar-refractivity contribution in [1.82, 2.24) is 4.98 Å². The first-order valence-electron chi connectivity index (χ1n) is 5.05. The summed E-state index contributed by atoms with van der Waals surface area (Å²) in [5.41, 5.74) is 0.707. The number of hydrogen-bond donors (Lipinski definition) is 0. The van der Waals surface area contributed by atoms with E-state index in [1.54, 1.807) is 13.0 Å². The molecule has 0 fully saturated rings. The monoisotopic (exact) mass is 307 g/mol. The van der Waals surface area contributed by atoms with Gasteiger partial charge in [-0.25, -0.2) is 8.78 Å². The van der Waals surface area contributed by atoms with Crippen LogP contribution in [0.15, 0.2) is 12.3 Å². The first-order chi connectivity index (χ1) is 8.08. The van der Waals surface area contributed by atoms with Gasteiger partial charge in [-0.05, 0) is 18.1 Å². The lowest BCUT2D eigenvalue weighted by Gasteiger charge is -2.08. The molecule has 1 aromatic rings. The Morgan fingerprint density at radius 2 is 2.29 bits per heavy atom. The molecule has 17 heavy (non-hydrogen) atoms. The maximum absolute atomic E-state index is 12.6. The van der Waals surface area contributed by atoms with E-state index in [0.717, 1.165) is 0 Å². The summed E-state index contributed by atoms with van der Waals surface area (Å²) in [6.07, 6.45) is -1.28. The van der Waals surface area contributed by atoms with Crippen molar-refractivity contribution in [2.24, 2.45) is 0 Å². The van der Waals surface area contributed by atoms with Crippen LogP contribution in [0.4, 0.5) is 8.78 Å². The summed E-state index contributed by atoms with van der Waals surface area (Å²) in [6, 6.07) is 1.54. The zero-order chi connectivity index (χ0) is 12.8. The van der Waals surface area contributed by atoms with Gasteiger partial charge in [0.25, 0.3) is 6.43 Å². The van der Waals surface area contributed by atoms with Crippen LogP contribution in [0.3, 0.4) is 0 Å². The van der Waals surface area contributed by atoms with E-state index in [1.807, 2.05) is 0 Å². The summed E-state index contributed by atoms with van der Waals surface area (Å²) in [4.78, 5) is 14.9. The van der Waals surface area contributed by atoms with Gasteiger partial charge in [0.1, 0.15) is 5.69 Å². The summed E-state index contributed by atoms with van der Waals surface area (Å²) in [7, 11) is 0. The van der Waals surface area contributed by atoms with Crippen LogP contribution in [-0.4, -0.2) is 17.6 Å². The first kappa shape index (κ1) is 14.0. The molecule has 1 aromatic heterocycles. The Labute approximate surface area is 106 Å². The van der Waals surface area contributed by atoms with Crippen molar-refractivity contribution < 1.29 is 18.3 Å². The Morgan fingerprint density at radius 3 is 2.82 bits per heavy atom. The van der Waals surface area contributed by atoms with Gasteiger partial charge in [-0.15, -0.1) is 0 Å². The number of carbonyl (C=O) groups is 1. The zero-order valence-electron chi connectivity index (χ0n) is 9.25. The van der Waals surface area contributed by atoms with E-state index in [9.17, 15) is 13.6 Å². The molecular weight excluding hydrogens is 296 g/mol. The molecule has 0 atom stereocenters. The molecule has 3 nitrogen and oxygen atoms in total. The summed E-state index contributed by atoms with van der Waals surface area (Å²) in [5, 5.41) is 0.274. The second kappa shape index (κ2) is 6.64. The highest BCUT2D eigenvalue weighted by atomic mass is 79.9. The van der Waals surface area contributed by atoms with Crippen LogP contribution < -0.4 is 0 Å². The average Bonchev–Trinajstić information content (AvgIpc) is 2.28. The molecule has 1 rings (SSSR count).